The molecule has 1 aromatic carbocycles. The Morgan fingerprint density at radius 2 is 1.95 bits per heavy atom. The maximum atomic E-state index is 11.7. The summed E-state index contributed by atoms with van der Waals surface area (Å²) >= 11 is 5.97. The molecule has 0 aliphatic heterocycles. The van der Waals surface area contributed by atoms with Gasteiger partial charge in [-0.1, -0.05) is 43.6 Å². The third-order valence-corrected chi connectivity index (χ3v) is 3.08. The van der Waals surface area contributed by atoms with Crippen LogP contribution >= 0.6 is 11.6 Å². The Labute approximate surface area is 123 Å². The molecular weight excluding hydrogens is 280 g/mol. The second kappa shape index (κ2) is 7.75. The van der Waals surface area contributed by atoms with E-state index in [0.717, 1.165) is 5.56 Å². The van der Waals surface area contributed by atoms with E-state index in [-0.39, 0.29) is 12.5 Å². The average Bonchev–Trinajstić information content (AvgIpc) is 2.36. The molecule has 1 aromatic rings. The highest BCUT2D eigenvalue weighted by Gasteiger charge is 2.20. The molecule has 0 aliphatic carbocycles. The minimum absolute atomic E-state index is 0.181. The zero-order valence-electron chi connectivity index (χ0n) is 11.5. The van der Waals surface area contributed by atoms with Crippen LogP contribution in [0, 0.1) is 5.92 Å². The molecule has 0 spiro atoms. The molecule has 0 saturated carbocycles. The van der Waals surface area contributed by atoms with Crippen LogP contribution in [0.4, 0.5) is 4.79 Å². The van der Waals surface area contributed by atoms with E-state index in [2.05, 4.69) is 10.6 Å². The van der Waals surface area contributed by atoms with Gasteiger partial charge in [0.1, 0.15) is 6.04 Å². The van der Waals surface area contributed by atoms with Crippen molar-refractivity contribution >= 4 is 23.6 Å². The number of urea groups is 1. The first kappa shape index (κ1) is 16.3. The lowest BCUT2D eigenvalue weighted by atomic mass is 10.0. The van der Waals surface area contributed by atoms with Gasteiger partial charge in [-0.3, -0.25) is 0 Å². The minimum atomic E-state index is -1.04. The highest BCUT2D eigenvalue weighted by molar-refractivity contribution is 6.31. The van der Waals surface area contributed by atoms with Crippen molar-refractivity contribution < 1.29 is 14.7 Å². The number of aliphatic carboxylic acids is 1. The van der Waals surface area contributed by atoms with Crippen molar-refractivity contribution in [3.05, 3.63) is 34.9 Å². The molecule has 5 nitrogen and oxygen atoms in total. The van der Waals surface area contributed by atoms with Crippen LogP contribution in [0.5, 0.6) is 0 Å². The van der Waals surface area contributed by atoms with Crippen LogP contribution < -0.4 is 10.6 Å². The minimum Gasteiger partial charge on any atom is -0.480 e. The Balaban J connectivity index is 2.50. The number of benzene rings is 1. The van der Waals surface area contributed by atoms with Gasteiger partial charge in [-0.05, 0) is 24.0 Å². The summed E-state index contributed by atoms with van der Waals surface area (Å²) in [4.78, 5) is 22.7. The topological polar surface area (TPSA) is 78.4 Å². The number of carbonyl (C=O) groups excluding carboxylic acids is 1. The number of hydrogen-bond donors (Lipinski definition) is 3. The molecule has 0 aliphatic rings. The molecule has 0 aromatic heterocycles. The predicted octanol–water partition coefficient (Wildman–Crippen LogP) is 2.64. The number of hydrogen-bond acceptors (Lipinski definition) is 2. The largest absolute Gasteiger partial charge is 0.480 e. The summed E-state index contributed by atoms with van der Waals surface area (Å²) in [5.74, 6) is -0.855. The number of carbonyl (C=O) groups is 2. The second-order valence-corrected chi connectivity index (χ2v) is 5.35. The molecular formula is C14H19ClN2O3. The maximum absolute atomic E-state index is 11.7. The standard InChI is InChI=1S/C14H19ClN2O3/c1-9(2)7-12(13(18)19)17-14(20)16-8-10-5-3-4-6-11(10)15/h3-6,9,12H,7-8H2,1-2H3,(H,18,19)(H2,16,17,20). The molecule has 110 valence electrons. The van der Waals surface area contributed by atoms with Crippen molar-refractivity contribution in [1.29, 1.82) is 0 Å². The quantitative estimate of drug-likeness (QED) is 0.755. The van der Waals surface area contributed by atoms with Gasteiger partial charge in [-0.15, -0.1) is 0 Å². The number of halogens is 1. The highest BCUT2D eigenvalue weighted by Crippen LogP contribution is 2.14. The summed E-state index contributed by atoms with van der Waals surface area (Å²) in [5.41, 5.74) is 0.778. The van der Waals surface area contributed by atoms with Crippen LogP contribution in [0.3, 0.4) is 0 Å². The maximum Gasteiger partial charge on any atom is 0.326 e. The lowest BCUT2D eigenvalue weighted by Crippen LogP contribution is -2.46. The fourth-order valence-electron chi connectivity index (χ4n) is 1.72. The lowest BCUT2D eigenvalue weighted by molar-refractivity contribution is -0.139. The van der Waals surface area contributed by atoms with E-state index in [1.807, 2.05) is 19.9 Å². The Hall–Kier alpha value is -1.75. The summed E-state index contributed by atoms with van der Waals surface area (Å²) in [7, 11) is 0. The first-order valence-electron chi connectivity index (χ1n) is 6.40. The summed E-state index contributed by atoms with van der Waals surface area (Å²) < 4.78 is 0. The van der Waals surface area contributed by atoms with E-state index in [1.54, 1.807) is 18.2 Å². The molecule has 0 fully saturated rings. The van der Waals surface area contributed by atoms with Gasteiger partial charge in [0.05, 0.1) is 0 Å². The smallest absolute Gasteiger partial charge is 0.326 e. The molecule has 1 atom stereocenters. The van der Waals surface area contributed by atoms with Crippen LogP contribution in [0.25, 0.3) is 0 Å². The van der Waals surface area contributed by atoms with Gasteiger partial charge in [-0.25, -0.2) is 9.59 Å². The van der Waals surface area contributed by atoms with E-state index >= 15 is 0 Å². The fraction of sp³-hybridized carbons (Fsp3) is 0.429. The molecule has 0 heterocycles. The number of nitrogens with one attached hydrogen (secondary N) is 2. The number of amides is 2. The Kier molecular flexibility index (Phi) is 6.31. The zero-order chi connectivity index (χ0) is 15.1. The molecule has 6 heteroatoms. The van der Waals surface area contributed by atoms with Crippen molar-refractivity contribution in [3.63, 3.8) is 0 Å². The third kappa shape index (κ3) is 5.48. The first-order valence-corrected chi connectivity index (χ1v) is 6.78. The van der Waals surface area contributed by atoms with E-state index in [1.165, 1.54) is 0 Å². The van der Waals surface area contributed by atoms with Gasteiger partial charge >= 0.3 is 12.0 Å². The van der Waals surface area contributed by atoms with Gasteiger partial charge in [0.25, 0.3) is 0 Å². The van der Waals surface area contributed by atoms with Crippen LogP contribution in [0.15, 0.2) is 24.3 Å². The number of carboxylic acids is 1. The fourth-order valence-corrected chi connectivity index (χ4v) is 1.92. The monoisotopic (exact) mass is 298 g/mol. The molecule has 0 bridgehead atoms. The van der Waals surface area contributed by atoms with Crippen LogP contribution in [0.2, 0.25) is 5.02 Å². The van der Waals surface area contributed by atoms with E-state index in [4.69, 9.17) is 16.7 Å². The highest BCUT2D eigenvalue weighted by atomic mass is 35.5. The summed E-state index contributed by atoms with van der Waals surface area (Å²) in [5, 5.41) is 14.6. The van der Waals surface area contributed by atoms with Crippen molar-refractivity contribution in [1.82, 2.24) is 10.6 Å². The molecule has 0 saturated heterocycles. The van der Waals surface area contributed by atoms with Crippen molar-refractivity contribution in [2.24, 2.45) is 5.92 Å². The molecule has 3 N–H and O–H groups in total. The van der Waals surface area contributed by atoms with Gasteiger partial charge < -0.3 is 15.7 Å². The molecule has 1 unspecified atom stereocenters. The van der Waals surface area contributed by atoms with Gasteiger partial charge in [0.15, 0.2) is 0 Å². The SMILES string of the molecule is CC(C)CC(NC(=O)NCc1ccccc1Cl)C(=O)O. The van der Waals surface area contributed by atoms with Crippen molar-refractivity contribution in [2.75, 3.05) is 0 Å². The Bertz CT molecular complexity index is 477. The van der Waals surface area contributed by atoms with E-state index in [9.17, 15) is 9.59 Å². The second-order valence-electron chi connectivity index (χ2n) is 4.94. The molecule has 0 radical (unpaired) electrons. The van der Waals surface area contributed by atoms with E-state index < -0.39 is 18.0 Å². The summed E-state index contributed by atoms with van der Waals surface area (Å²) in [6.45, 7) is 4.05. The number of rotatable bonds is 6. The normalized spacial score (nSPS) is 12.0. The predicted molar refractivity (Wildman–Crippen MR) is 77.7 cm³/mol. The van der Waals surface area contributed by atoms with Gasteiger partial charge in [0, 0.05) is 11.6 Å². The third-order valence-electron chi connectivity index (χ3n) is 2.71. The molecule has 20 heavy (non-hydrogen) atoms. The van der Waals surface area contributed by atoms with Gasteiger partial charge in [-0.2, -0.15) is 0 Å². The van der Waals surface area contributed by atoms with Crippen LogP contribution in [-0.2, 0) is 11.3 Å². The van der Waals surface area contributed by atoms with Crippen molar-refractivity contribution in [2.45, 2.75) is 32.9 Å². The summed E-state index contributed by atoms with van der Waals surface area (Å²) in [6.07, 6.45) is 0.384. The average molecular weight is 299 g/mol. The lowest BCUT2D eigenvalue weighted by Gasteiger charge is -2.17. The van der Waals surface area contributed by atoms with E-state index in [0.29, 0.717) is 11.4 Å². The summed E-state index contributed by atoms with van der Waals surface area (Å²) in [6, 6.07) is 5.74. The molecule has 2 amide bonds. The number of carboxylic acid groups (broad SMARTS) is 1. The zero-order valence-corrected chi connectivity index (χ0v) is 12.3. The van der Waals surface area contributed by atoms with Crippen molar-refractivity contribution in [3.8, 4) is 0 Å². The van der Waals surface area contributed by atoms with Crippen LogP contribution in [-0.4, -0.2) is 23.1 Å². The van der Waals surface area contributed by atoms with Crippen LogP contribution in [0.1, 0.15) is 25.8 Å². The van der Waals surface area contributed by atoms with Gasteiger partial charge in [0.2, 0.25) is 0 Å². The Morgan fingerprint density at radius 1 is 1.30 bits per heavy atom. The Morgan fingerprint density at radius 3 is 2.50 bits per heavy atom. The molecule has 1 rings (SSSR count). The first-order chi connectivity index (χ1) is 9.40.